The number of aryl methyl sites for hydroxylation is 1. The normalized spacial score (nSPS) is 15.1. The van der Waals surface area contributed by atoms with Gasteiger partial charge in [0, 0.05) is 61.1 Å². The molecule has 0 amide bonds. The molecule has 44 heavy (non-hydrogen) atoms. The van der Waals surface area contributed by atoms with Gasteiger partial charge in [0.05, 0.1) is 12.1 Å². The molecule has 1 saturated heterocycles. The number of ether oxygens (including phenoxy) is 1. The Balaban J connectivity index is 1.23. The number of fused-ring (bicyclic) bond motifs is 2. The van der Waals surface area contributed by atoms with Crippen molar-refractivity contribution in [3.63, 3.8) is 0 Å². The van der Waals surface area contributed by atoms with Gasteiger partial charge in [-0.05, 0) is 66.6 Å². The summed E-state index contributed by atoms with van der Waals surface area (Å²) in [4.78, 5) is 19.0. The van der Waals surface area contributed by atoms with Crippen LogP contribution in [0.4, 0.5) is 15.9 Å². The van der Waals surface area contributed by atoms with Crippen LogP contribution in [0, 0.1) is 12.7 Å². The summed E-state index contributed by atoms with van der Waals surface area (Å²) in [5.74, 6) is 1.58. The van der Waals surface area contributed by atoms with E-state index >= 15 is 4.39 Å². The Bertz CT molecular complexity index is 1850. The molecule has 1 aromatic heterocycles. The SMILES string of the molecule is Cc1cc2nc(-c3ccc(-c4ccccc4)c(F)c3)nc(Nc3ccc4c(c3)C=NC4)c2cc1OCCN1CCN(C)CC1. The minimum atomic E-state index is -0.315. The zero-order chi connectivity index (χ0) is 30.0. The van der Waals surface area contributed by atoms with Gasteiger partial charge in [-0.2, -0.15) is 0 Å². The van der Waals surface area contributed by atoms with Gasteiger partial charge in [-0.3, -0.25) is 9.89 Å². The summed E-state index contributed by atoms with van der Waals surface area (Å²) < 4.78 is 21.7. The molecule has 2 aliphatic heterocycles. The summed E-state index contributed by atoms with van der Waals surface area (Å²) >= 11 is 0. The number of aromatic nitrogens is 2. The molecule has 5 aromatic rings. The molecule has 0 atom stereocenters. The van der Waals surface area contributed by atoms with E-state index in [1.54, 1.807) is 6.07 Å². The van der Waals surface area contributed by atoms with E-state index < -0.39 is 0 Å². The van der Waals surface area contributed by atoms with Gasteiger partial charge >= 0.3 is 0 Å². The molecule has 4 aromatic carbocycles. The van der Waals surface area contributed by atoms with E-state index in [1.165, 1.54) is 11.6 Å². The monoisotopic (exact) mass is 586 g/mol. The number of anilines is 2. The fourth-order valence-electron chi connectivity index (χ4n) is 5.82. The van der Waals surface area contributed by atoms with Crippen LogP contribution in [0.15, 0.2) is 83.9 Å². The number of piperazine rings is 1. The van der Waals surface area contributed by atoms with Crippen molar-refractivity contribution in [1.29, 1.82) is 0 Å². The van der Waals surface area contributed by atoms with Gasteiger partial charge in [-0.15, -0.1) is 0 Å². The van der Waals surface area contributed by atoms with E-state index in [-0.39, 0.29) is 5.82 Å². The number of hydrogen-bond donors (Lipinski definition) is 1. The molecule has 0 radical (unpaired) electrons. The van der Waals surface area contributed by atoms with Gasteiger partial charge in [-0.25, -0.2) is 14.4 Å². The number of rotatable bonds is 8. The maximum atomic E-state index is 15.4. The largest absolute Gasteiger partial charge is 0.492 e. The van der Waals surface area contributed by atoms with Crippen molar-refractivity contribution in [1.82, 2.24) is 19.8 Å². The van der Waals surface area contributed by atoms with Gasteiger partial charge in [0.25, 0.3) is 0 Å². The van der Waals surface area contributed by atoms with E-state index in [2.05, 4.69) is 39.3 Å². The van der Waals surface area contributed by atoms with Crippen LogP contribution in [0.1, 0.15) is 16.7 Å². The molecule has 8 heteroatoms. The molecule has 1 fully saturated rings. The van der Waals surface area contributed by atoms with Crippen molar-refractivity contribution in [3.8, 4) is 28.3 Å². The second kappa shape index (κ2) is 12.1. The van der Waals surface area contributed by atoms with Crippen molar-refractivity contribution in [3.05, 3.63) is 101 Å². The highest BCUT2D eigenvalue weighted by atomic mass is 19.1. The molecule has 3 heterocycles. The summed E-state index contributed by atoms with van der Waals surface area (Å²) in [5.41, 5.74) is 6.92. The van der Waals surface area contributed by atoms with Crippen LogP contribution in [-0.2, 0) is 6.54 Å². The van der Waals surface area contributed by atoms with Crippen LogP contribution in [0.2, 0.25) is 0 Å². The van der Waals surface area contributed by atoms with Crippen LogP contribution in [0.25, 0.3) is 33.4 Å². The molecule has 1 N–H and O–H groups in total. The highest BCUT2D eigenvalue weighted by molar-refractivity contribution is 5.94. The minimum absolute atomic E-state index is 0.315. The molecule has 0 saturated carbocycles. The third-order valence-electron chi connectivity index (χ3n) is 8.47. The first kappa shape index (κ1) is 28.1. The molecule has 222 valence electrons. The third-order valence-corrected chi connectivity index (χ3v) is 8.47. The molecule has 0 unspecified atom stereocenters. The maximum absolute atomic E-state index is 15.4. The number of aliphatic imine (C=N–C) groups is 1. The quantitative estimate of drug-likeness (QED) is 0.218. The standard InChI is InChI=1S/C36H35FN6O/c1-24-18-33-31(21-34(24)44-17-16-43-14-12-42(2)13-15-43)36(39-29-10-8-27-22-38-23-28(27)19-29)41-35(40-33)26-9-11-30(32(37)20-26)25-6-4-3-5-7-25/h3-11,18-21,23H,12-17,22H2,1-2H3,(H,39,40,41). The number of nitrogens with one attached hydrogen (secondary N) is 1. The summed E-state index contributed by atoms with van der Waals surface area (Å²) in [6.45, 7) is 8.50. The Labute approximate surface area is 257 Å². The lowest BCUT2D eigenvalue weighted by molar-refractivity contribution is 0.133. The number of nitrogens with zero attached hydrogens (tertiary/aromatic N) is 5. The summed E-state index contributed by atoms with van der Waals surface area (Å²) in [6, 6.07) is 25.0. The summed E-state index contributed by atoms with van der Waals surface area (Å²) in [6.07, 6.45) is 1.90. The maximum Gasteiger partial charge on any atom is 0.162 e. The van der Waals surface area contributed by atoms with Crippen LogP contribution >= 0.6 is 0 Å². The van der Waals surface area contributed by atoms with Gasteiger partial charge < -0.3 is 15.0 Å². The van der Waals surface area contributed by atoms with Gasteiger partial charge in [-0.1, -0.05) is 48.5 Å². The lowest BCUT2D eigenvalue weighted by atomic mass is 10.0. The average molecular weight is 587 g/mol. The Morgan fingerprint density at radius 1 is 0.886 bits per heavy atom. The van der Waals surface area contributed by atoms with E-state index in [0.717, 1.165) is 71.8 Å². The zero-order valence-electron chi connectivity index (χ0n) is 25.1. The predicted molar refractivity (Wildman–Crippen MR) is 176 cm³/mol. The van der Waals surface area contributed by atoms with E-state index in [9.17, 15) is 0 Å². The fraction of sp³-hybridized carbons (Fsp3) is 0.250. The minimum Gasteiger partial charge on any atom is -0.492 e. The molecular formula is C36H35FN6O. The molecule has 0 aliphatic carbocycles. The Hall–Kier alpha value is -4.66. The molecular weight excluding hydrogens is 551 g/mol. The first-order chi connectivity index (χ1) is 21.5. The average Bonchev–Trinajstić information content (AvgIpc) is 3.51. The van der Waals surface area contributed by atoms with Crippen molar-refractivity contribution in [2.75, 3.05) is 51.7 Å². The van der Waals surface area contributed by atoms with Crippen molar-refractivity contribution >= 4 is 28.6 Å². The van der Waals surface area contributed by atoms with Crippen LogP contribution in [0.3, 0.4) is 0 Å². The van der Waals surface area contributed by atoms with Crippen LogP contribution in [-0.4, -0.2) is 72.4 Å². The van der Waals surface area contributed by atoms with Crippen molar-refractivity contribution < 1.29 is 9.13 Å². The topological polar surface area (TPSA) is 65.9 Å². The molecule has 0 bridgehead atoms. The molecule has 0 spiro atoms. The summed E-state index contributed by atoms with van der Waals surface area (Å²) in [5, 5.41) is 4.36. The Morgan fingerprint density at radius 2 is 1.73 bits per heavy atom. The second-order valence-corrected chi connectivity index (χ2v) is 11.6. The first-order valence-corrected chi connectivity index (χ1v) is 15.1. The van der Waals surface area contributed by atoms with E-state index in [4.69, 9.17) is 14.7 Å². The number of halogens is 1. The summed E-state index contributed by atoms with van der Waals surface area (Å²) in [7, 11) is 2.16. The van der Waals surface area contributed by atoms with Crippen LogP contribution < -0.4 is 10.1 Å². The third kappa shape index (κ3) is 5.91. The van der Waals surface area contributed by atoms with Gasteiger partial charge in [0.2, 0.25) is 0 Å². The highest BCUT2D eigenvalue weighted by Crippen LogP contribution is 2.34. The second-order valence-electron chi connectivity index (χ2n) is 11.6. The molecule has 2 aliphatic rings. The van der Waals surface area contributed by atoms with E-state index in [0.29, 0.717) is 35.9 Å². The zero-order valence-corrected chi connectivity index (χ0v) is 25.1. The molecule has 7 rings (SSSR count). The van der Waals surface area contributed by atoms with Gasteiger partial charge in [0.15, 0.2) is 5.82 Å². The lowest BCUT2D eigenvalue weighted by Gasteiger charge is -2.32. The molecule has 7 nitrogen and oxygen atoms in total. The van der Waals surface area contributed by atoms with Crippen LogP contribution in [0.5, 0.6) is 5.75 Å². The van der Waals surface area contributed by atoms with Crippen molar-refractivity contribution in [2.24, 2.45) is 4.99 Å². The first-order valence-electron chi connectivity index (χ1n) is 15.1. The number of hydrogen-bond acceptors (Lipinski definition) is 7. The van der Waals surface area contributed by atoms with E-state index in [1.807, 2.05) is 67.7 Å². The Morgan fingerprint density at radius 3 is 2.55 bits per heavy atom. The van der Waals surface area contributed by atoms with Crippen molar-refractivity contribution in [2.45, 2.75) is 13.5 Å². The fourth-order valence-corrected chi connectivity index (χ4v) is 5.82. The van der Waals surface area contributed by atoms with Gasteiger partial charge in [0.1, 0.15) is 24.0 Å². The Kier molecular flexibility index (Phi) is 7.77. The predicted octanol–water partition coefficient (Wildman–Crippen LogP) is 6.71. The number of benzene rings is 4. The number of likely N-dealkylation sites (N-methyl/N-ethyl adjacent to an activating group) is 1. The smallest absolute Gasteiger partial charge is 0.162 e. The highest BCUT2D eigenvalue weighted by Gasteiger charge is 2.17. The lowest BCUT2D eigenvalue weighted by Crippen LogP contribution is -2.45.